The van der Waals surface area contributed by atoms with Gasteiger partial charge in [0.05, 0.1) is 12.8 Å². The van der Waals surface area contributed by atoms with Gasteiger partial charge in [-0.2, -0.15) is 0 Å². The van der Waals surface area contributed by atoms with Crippen LogP contribution in [-0.4, -0.2) is 55.5 Å². The molecular weight excluding hydrogens is 356 g/mol. The molecule has 1 unspecified atom stereocenters. The van der Waals surface area contributed by atoms with Crippen molar-refractivity contribution in [2.24, 2.45) is 0 Å². The lowest BCUT2D eigenvalue weighted by molar-refractivity contribution is -0.122. The quantitative estimate of drug-likeness (QED) is 0.762. The van der Waals surface area contributed by atoms with Gasteiger partial charge in [0.15, 0.2) is 0 Å². The van der Waals surface area contributed by atoms with E-state index >= 15 is 0 Å². The van der Waals surface area contributed by atoms with Crippen molar-refractivity contribution in [3.05, 3.63) is 54.0 Å². The molecule has 2 N–H and O–H groups in total. The molecule has 0 aliphatic carbocycles. The molecule has 1 saturated heterocycles. The summed E-state index contributed by atoms with van der Waals surface area (Å²) < 4.78 is 5.18. The van der Waals surface area contributed by atoms with Crippen molar-refractivity contribution in [1.29, 1.82) is 0 Å². The van der Waals surface area contributed by atoms with E-state index in [0.717, 1.165) is 38.4 Å². The topological polar surface area (TPSA) is 77.8 Å². The maximum Gasteiger partial charge on any atom is 0.251 e. The van der Waals surface area contributed by atoms with Crippen LogP contribution in [0.5, 0.6) is 0 Å². The standard InChI is InChI=1S/C21H28N4O3/c1-3-24-10-12-25(13-11-24)18-8-6-17(7-9-18)21(27)23-16(2)20(26)22-15-19-5-4-14-28-19/h4-9,14,16H,3,10-13,15H2,1-2H3,(H,22,26)(H,23,27). The van der Waals surface area contributed by atoms with Crippen LogP contribution in [0.25, 0.3) is 0 Å². The monoisotopic (exact) mass is 384 g/mol. The van der Waals surface area contributed by atoms with E-state index in [0.29, 0.717) is 17.9 Å². The molecule has 1 fully saturated rings. The number of piperazine rings is 1. The zero-order valence-corrected chi connectivity index (χ0v) is 16.5. The Kier molecular flexibility index (Phi) is 6.71. The van der Waals surface area contributed by atoms with Gasteiger partial charge < -0.3 is 24.9 Å². The summed E-state index contributed by atoms with van der Waals surface area (Å²) >= 11 is 0. The first kappa shape index (κ1) is 19.9. The Balaban J connectivity index is 1.49. The Morgan fingerprint density at radius 2 is 1.82 bits per heavy atom. The third-order valence-corrected chi connectivity index (χ3v) is 5.07. The van der Waals surface area contributed by atoms with Gasteiger partial charge in [-0.05, 0) is 49.9 Å². The van der Waals surface area contributed by atoms with E-state index in [4.69, 9.17) is 4.42 Å². The number of carbonyl (C=O) groups excluding carboxylic acids is 2. The average molecular weight is 384 g/mol. The average Bonchev–Trinajstić information content (AvgIpc) is 3.25. The molecule has 150 valence electrons. The Morgan fingerprint density at radius 3 is 2.43 bits per heavy atom. The predicted octanol–water partition coefficient (Wildman–Crippen LogP) is 1.86. The number of hydrogen-bond acceptors (Lipinski definition) is 5. The first-order valence-electron chi connectivity index (χ1n) is 9.75. The predicted molar refractivity (Wildman–Crippen MR) is 108 cm³/mol. The van der Waals surface area contributed by atoms with Gasteiger partial charge in [0.25, 0.3) is 5.91 Å². The minimum absolute atomic E-state index is 0.254. The van der Waals surface area contributed by atoms with Crippen LogP contribution in [-0.2, 0) is 11.3 Å². The molecule has 7 heteroatoms. The third kappa shape index (κ3) is 5.13. The summed E-state index contributed by atoms with van der Waals surface area (Å²) in [4.78, 5) is 29.3. The van der Waals surface area contributed by atoms with Crippen LogP contribution < -0.4 is 15.5 Å². The maximum absolute atomic E-state index is 12.4. The number of nitrogens with zero attached hydrogens (tertiary/aromatic N) is 2. The molecule has 0 radical (unpaired) electrons. The van der Waals surface area contributed by atoms with Crippen molar-refractivity contribution in [3.8, 4) is 0 Å². The molecule has 2 heterocycles. The van der Waals surface area contributed by atoms with Gasteiger partial charge in [-0.1, -0.05) is 6.92 Å². The Hall–Kier alpha value is -2.80. The number of carbonyl (C=O) groups is 2. The molecule has 0 saturated carbocycles. The van der Waals surface area contributed by atoms with Crippen molar-refractivity contribution >= 4 is 17.5 Å². The molecule has 7 nitrogen and oxygen atoms in total. The van der Waals surface area contributed by atoms with Crippen LogP contribution in [0.2, 0.25) is 0 Å². The first-order chi connectivity index (χ1) is 13.6. The second-order valence-electron chi connectivity index (χ2n) is 6.96. The zero-order chi connectivity index (χ0) is 19.9. The van der Waals surface area contributed by atoms with Gasteiger partial charge >= 0.3 is 0 Å². The van der Waals surface area contributed by atoms with E-state index in [9.17, 15) is 9.59 Å². The minimum Gasteiger partial charge on any atom is -0.467 e. The summed E-state index contributed by atoms with van der Waals surface area (Å²) in [6, 6.07) is 10.5. The van der Waals surface area contributed by atoms with Crippen molar-refractivity contribution in [2.45, 2.75) is 26.4 Å². The third-order valence-electron chi connectivity index (χ3n) is 5.07. The molecule has 1 atom stereocenters. The lowest BCUT2D eigenvalue weighted by Crippen LogP contribution is -2.46. The fraction of sp³-hybridized carbons (Fsp3) is 0.429. The van der Waals surface area contributed by atoms with E-state index < -0.39 is 6.04 Å². The molecule has 2 amide bonds. The van der Waals surface area contributed by atoms with Crippen LogP contribution >= 0.6 is 0 Å². The number of nitrogens with one attached hydrogen (secondary N) is 2. The Labute approximate surface area is 165 Å². The fourth-order valence-corrected chi connectivity index (χ4v) is 3.23. The van der Waals surface area contributed by atoms with Crippen molar-refractivity contribution in [2.75, 3.05) is 37.6 Å². The number of benzene rings is 1. The highest BCUT2D eigenvalue weighted by atomic mass is 16.3. The smallest absolute Gasteiger partial charge is 0.251 e. The number of likely N-dealkylation sites (N-methyl/N-ethyl adjacent to an activating group) is 1. The van der Waals surface area contributed by atoms with Crippen molar-refractivity contribution in [3.63, 3.8) is 0 Å². The zero-order valence-electron chi connectivity index (χ0n) is 16.5. The summed E-state index contributed by atoms with van der Waals surface area (Å²) in [7, 11) is 0. The second kappa shape index (κ2) is 9.41. The summed E-state index contributed by atoms with van der Waals surface area (Å²) in [6.07, 6.45) is 1.56. The highest BCUT2D eigenvalue weighted by Gasteiger charge is 2.18. The van der Waals surface area contributed by atoms with E-state index in [-0.39, 0.29) is 11.8 Å². The van der Waals surface area contributed by atoms with Crippen molar-refractivity contribution < 1.29 is 14.0 Å². The van der Waals surface area contributed by atoms with Gasteiger partial charge in [0.2, 0.25) is 5.91 Å². The van der Waals surface area contributed by atoms with Gasteiger partial charge in [0, 0.05) is 37.4 Å². The highest BCUT2D eigenvalue weighted by Crippen LogP contribution is 2.17. The number of furan rings is 1. The number of hydrogen-bond donors (Lipinski definition) is 2. The molecule has 28 heavy (non-hydrogen) atoms. The van der Waals surface area contributed by atoms with Gasteiger partial charge in [0.1, 0.15) is 11.8 Å². The van der Waals surface area contributed by atoms with E-state index in [1.807, 2.05) is 24.3 Å². The highest BCUT2D eigenvalue weighted by molar-refractivity contribution is 5.97. The van der Waals surface area contributed by atoms with Crippen molar-refractivity contribution in [1.82, 2.24) is 15.5 Å². The first-order valence-corrected chi connectivity index (χ1v) is 9.75. The summed E-state index contributed by atoms with van der Waals surface area (Å²) in [5.41, 5.74) is 1.66. The molecule has 2 aromatic rings. The summed E-state index contributed by atoms with van der Waals surface area (Å²) in [5, 5.41) is 5.48. The fourth-order valence-electron chi connectivity index (χ4n) is 3.23. The molecule has 0 bridgehead atoms. The maximum atomic E-state index is 12.4. The summed E-state index contributed by atoms with van der Waals surface area (Å²) in [6.45, 7) is 9.33. The Bertz CT molecular complexity index is 765. The van der Waals surface area contributed by atoms with Gasteiger partial charge in [-0.25, -0.2) is 0 Å². The molecular formula is C21H28N4O3. The lowest BCUT2D eigenvalue weighted by atomic mass is 10.1. The van der Waals surface area contributed by atoms with Crippen LogP contribution in [0.15, 0.2) is 47.1 Å². The molecule has 1 aromatic carbocycles. The number of amides is 2. The van der Waals surface area contributed by atoms with E-state index in [1.54, 1.807) is 25.3 Å². The molecule has 3 rings (SSSR count). The number of anilines is 1. The van der Waals surface area contributed by atoms with E-state index in [2.05, 4.69) is 27.4 Å². The molecule has 1 aliphatic rings. The second-order valence-corrected chi connectivity index (χ2v) is 6.96. The summed E-state index contributed by atoms with van der Waals surface area (Å²) in [5.74, 6) is 0.153. The lowest BCUT2D eigenvalue weighted by Gasteiger charge is -2.35. The molecule has 1 aliphatic heterocycles. The number of rotatable bonds is 7. The molecule has 1 aromatic heterocycles. The SMILES string of the molecule is CCN1CCN(c2ccc(C(=O)NC(C)C(=O)NCc3ccco3)cc2)CC1. The van der Waals surface area contributed by atoms with Crippen LogP contribution in [0, 0.1) is 0 Å². The minimum atomic E-state index is -0.635. The Morgan fingerprint density at radius 1 is 1.11 bits per heavy atom. The van der Waals surface area contributed by atoms with Gasteiger partial charge in [-0.3, -0.25) is 9.59 Å². The van der Waals surface area contributed by atoms with E-state index in [1.165, 1.54) is 0 Å². The van der Waals surface area contributed by atoms with Crippen LogP contribution in [0.3, 0.4) is 0 Å². The molecule has 0 spiro atoms. The van der Waals surface area contributed by atoms with Crippen LogP contribution in [0.1, 0.15) is 30.0 Å². The largest absolute Gasteiger partial charge is 0.467 e. The van der Waals surface area contributed by atoms with Crippen LogP contribution in [0.4, 0.5) is 5.69 Å². The van der Waals surface area contributed by atoms with Gasteiger partial charge in [-0.15, -0.1) is 0 Å². The normalized spacial score (nSPS) is 15.9.